The summed E-state index contributed by atoms with van der Waals surface area (Å²) in [5, 5.41) is 3.72. The molecule has 0 N–H and O–H groups in total. The summed E-state index contributed by atoms with van der Waals surface area (Å²) in [4.78, 5) is 5.02. The third-order valence-corrected chi connectivity index (χ3v) is 19.8. The summed E-state index contributed by atoms with van der Waals surface area (Å²) in [5.74, 6) is 0.284. The molecule has 1 aliphatic heterocycles. The number of anilines is 4. The highest BCUT2D eigenvalue weighted by Gasteiger charge is 2.46. The second-order valence-corrected chi connectivity index (χ2v) is 25.2. The van der Waals surface area contributed by atoms with E-state index in [0.29, 0.717) is 6.04 Å². The van der Waals surface area contributed by atoms with Gasteiger partial charge in [0, 0.05) is 67.1 Å². The number of fused-ring (bicyclic) bond motifs is 9. The molecule has 2 aromatic heterocycles. The molecule has 0 saturated carbocycles. The summed E-state index contributed by atoms with van der Waals surface area (Å²) in [7, 11) is 0. The molecule has 0 radical (unpaired) electrons. The average molecular weight is 1170 g/mol. The van der Waals surface area contributed by atoms with Gasteiger partial charge in [0.15, 0.2) is 0 Å². The zero-order valence-corrected chi connectivity index (χ0v) is 51.6. The standard InChI is InChI=1S/C87H70N4/c1-5-7-8-10-21-59-32-42-65(43-33-59)88(66-46-37-62(38-47-66)61-22-11-9-12-23-61)69-50-53-71-72-54-51-70(58-80(72)87(3,4)79(71)57-69)91-81(6-2)77(52-36-60-34-44-67(45-35-60)89-82-28-17-13-24-73(82)74-25-14-18-29-83(74)89)78-56-64(41-55-86(78)91)63-39-48-68(49-40-63)90-84-30-19-15-26-75(84)76-27-16-20-31-85(76)90/h5-30,32-49,51-52,54-57,80,85H,1-2,31,50,53,58H2,3-4H3/b8-7-,21-10+,52-36+. The van der Waals surface area contributed by atoms with Crippen molar-refractivity contribution in [3.8, 4) is 27.9 Å². The fourth-order valence-electron chi connectivity index (χ4n) is 15.4. The molecule has 0 amide bonds. The van der Waals surface area contributed by atoms with Gasteiger partial charge in [0.2, 0.25) is 0 Å². The van der Waals surface area contributed by atoms with Crippen molar-refractivity contribution in [1.82, 2.24) is 9.13 Å². The van der Waals surface area contributed by atoms with Crippen LogP contribution in [0.25, 0.3) is 96.2 Å². The van der Waals surface area contributed by atoms with Crippen LogP contribution in [0.4, 0.5) is 22.7 Å². The van der Waals surface area contributed by atoms with Crippen molar-refractivity contribution < 1.29 is 0 Å². The van der Waals surface area contributed by atoms with Crippen LogP contribution < -0.4 is 9.80 Å². The van der Waals surface area contributed by atoms with Crippen LogP contribution in [0.15, 0.2) is 315 Å². The number of hydrogen-bond donors (Lipinski definition) is 0. The smallest absolute Gasteiger partial charge is 0.0632 e. The molecule has 0 spiro atoms. The lowest BCUT2D eigenvalue weighted by atomic mass is 9.72. The molecule has 4 aliphatic carbocycles. The van der Waals surface area contributed by atoms with E-state index in [1.165, 1.54) is 106 Å². The van der Waals surface area contributed by atoms with E-state index in [4.69, 9.17) is 0 Å². The zero-order chi connectivity index (χ0) is 61.2. The Hall–Kier alpha value is -10.9. The van der Waals surface area contributed by atoms with Gasteiger partial charge in [-0.15, -0.1) is 0 Å². The molecule has 3 heterocycles. The summed E-state index contributed by atoms with van der Waals surface area (Å²) in [6.45, 7) is 13.4. The van der Waals surface area contributed by atoms with Crippen LogP contribution in [0.1, 0.15) is 67.5 Å². The van der Waals surface area contributed by atoms with Gasteiger partial charge in [-0.3, -0.25) is 0 Å². The summed E-state index contributed by atoms with van der Waals surface area (Å²) in [6, 6.07) is 80.7. The van der Waals surface area contributed by atoms with Crippen molar-refractivity contribution in [3.05, 3.63) is 343 Å². The van der Waals surface area contributed by atoms with Gasteiger partial charge in [-0.05, 0) is 190 Å². The molecule has 4 nitrogen and oxygen atoms in total. The minimum Gasteiger partial charge on any atom is -0.333 e. The topological polar surface area (TPSA) is 16.3 Å². The van der Waals surface area contributed by atoms with Gasteiger partial charge in [0.25, 0.3) is 0 Å². The molecule has 0 saturated heterocycles. The fourth-order valence-corrected chi connectivity index (χ4v) is 15.4. The summed E-state index contributed by atoms with van der Waals surface area (Å²) >= 11 is 0. The quantitative estimate of drug-likeness (QED) is 0.101. The van der Waals surface area contributed by atoms with E-state index in [2.05, 4.69) is 331 Å². The molecule has 0 bridgehead atoms. The van der Waals surface area contributed by atoms with Crippen molar-refractivity contribution in [1.29, 1.82) is 0 Å². The number of rotatable bonds is 14. The van der Waals surface area contributed by atoms with E-state index in [1.54, 1.807) is 6.08 Å². The summed E-state index contributed by atoms with van der Waals surface area (Å²) in [6.07, 6.45) is 34.7. The molecule has 16 rings (SSSR count). The molecule has 2 atom stereocenters. The van der Waals surface area contributed by atoms with Crippen molar-refractivity contribution in [2.75, 3.05) is 9.80 Å². The van der Waals surface area contributed by atoms with E-state index in [9.17, 15) is 0 Å². The van der Waals surface area contributed by atoms with Crippen LogP contribution in [0, 0.1) is 11.3 Å². The molecule has 5 aliphatic rings. The Kier molecular flexibility index (Phi) is 13.9. The largest absolute Gasteiger partial charge is 0.333 e. The first-order valence-corrected chi connectivity index (χ1v) is 32.1. The maximum Gasteiger partial charge on any atom is 0.0632 e. The van der Waals surface area contributed by atoms with Crippen molar-refractivity contribution in [2.24, 2.45) is 11.3 Å². The zero-order valence-electron chi connectivity index (χ0n) is 51.6. The van der Waals surface area contributed by atoms with Gasteiger partial charge >= 0.3 is 0 Å². The van der Waals surface area contributed by atoms with Gasteiger partial charge in [0.1, 0.15) is 0 Å². The molecule has 438 valence electrons. The van der Waals surface area contributed by atoms with E-state index >= 15 is 0 Å². The Morgan fingerprint density at radius 2 is 1.14 bits per heavy atom. The van der Waals surface area contributed by atoms with Crippen LogP contribution >= 0.6 is 0 Å². The maximum atomic E-state index is 4.59. The summed E-state index contributed by atoms with van der Waals surface area (Å²) < 4.78 is 4.91. The lowest BCUT2D eigenvalue weighted by Crippen LogP contribution is -2.26. The predicted octanol–water partition coefficient (Wildman–Crippen LogP) is 23.1. The number of nitrogens with zero attached hydrogens (tertiary/aromatic N) is 4. The lowest BCUT2D eigenvalue weighted by molar-refractivity contribution is 0.337. The lowest BCUT2D eigenvalue weighted by Gasteiger charge is -2.35. The molecular formula is C87H70N4. The Bertz CT molecular complexity index is 4970. The van der Waals surface area contributed by atoms with Gasteiger partial charge in [0.05, 0.1) is 28.3 Å². The van der Waals surface area contributed by atoms with Gasteiger partial charge < -0.3 is 18.9 Å². The van der Waals surface area contributed by atoms with Crippen LogP contribution in [0.3, 0.4) is 0 Å². The average Bonchev–Trinajstić information content (AvgIpc) is 1.61. The van der Waals surface area contributed by atoms with E-state index in [1.807, 2.05) is 12.2 Å². The molecule has 2 unspecified atom stereocenters. The maximum absolute atomic E-state index is 4.59. The Balaban J connectivity index is 0.763. The van der Waals surface area contributed by atoms with Crippen LogP contribution in [-0.2, 0) is 0 Å². The van der Waals surface area contributed by atoms with Crippen molar-refractivity contribution in [2.45, 2.75) is 45.6 Å². The Morgan fingerprint density at radius 3 is 1.89 bits per heavy atom. The Morgan fingerprint density at radius 1 is 0.516 bits per heavy atom. The SMILES string of the molecule is C=C/C=C\C=C\c1ccc(N(C2=CC3=C(CC2)C2=CC=C(n4c(C=C)c(/C=C/c5ccc(-n6c7ccccc7c7ccccc76)cc5)c5cc(-c6ccc(N7c8ccccc8C8=CC=CCC87)cc6)ccc54)CC2C3(C)C)c2ccc(-c3ccccc3)cc2)cc1. The highest BCUT2D eigenvalue weighted by Crippen LogP contribution is 2.59. The third-order valence-electron chi connectivity index (χ3n) is 19.8. The first-order chi connectivity index (χ1) is 44.8. The van der Waals surface area contributed by atoms with E-state index in [-0.39, 0.29) is 11.3 Å². The van der Waals surface area contributed by atoms with Gasteiger partial charge in [-0.25, -0.2) is 0 Å². The molecule has 4 heteroatoms. The number of aromatic nitrogens is 2. The minimum atomic E-state index is -0.143. The predicted molar refractivity (Wildman–Crippen MR) is 389 cm³/mol. The number of benzene rings is 9. The van der Waals surface area contributed by atoms with Crippen LogP contribution in [-0.4, -0.2) is 15.2 Å². The van der Waals surface area contributed by atoms with Crippen molar-refractivity contribution in [3.63, 3.8) is 0 Å². The number of allylic oxidation sites excluding steroid dienone is 14. The minimum absolute atomic E-state index is 0.143. The van der Waals surface area contributed by atoms with Crippen LogP contribution in [0.2, 0.25) is 0 Å². The number of hydrogen-bond acceptors (Lipinski definition) is 2. The molecule has 9 aromatic carbocycles. The van der Waals surface area contributed by atoms with Crippen molar-refractivity contribution >= 4 is 91.0 Å². The molecule has 0 fully saturated rings. The molecule has 91 heavy (non-hydrogen) atoms. The summed E-state index contributed by atoms with van der Waals surface area (Å²) in [5.41, 5.74) is 28.5. The third kappa shape index (κ3) is 9.61. The first kappa shape index (κ1) is 55.4. The van der Waals surface area contributed by atoms with E-state index < -0.39 is 0 Å². The highest BCUT2D eigenvalue weighted by atomic mass is 15.2. The second-order valence-electron chi connectivity index (χ2n) is 25.2. The molecular weight excluding hydrogens is 1100 g/mol. The fraction of sp³-hybridized carbons (Fsp3) is 0.103. The Labute approximate surface area is 534 Å². The van der Waals surface area contributed by atoms with E-state index in [0.717, 1.165) is 65.1 Å². The van der Waals surface area contributed by atoms with Gasteiger partial charge in [-0.2, -0.15) is 0 Å². The highest BCUT2D eigenvalue weighted by molar-refractivity contribution is 6.09. The normalized spacial score (nSPS) is 17.4. The molecule has 11 aromatic rings. The monoisotopic (exact) mass is 1170 g/mol. The van der Waals surface area contributed by atoms with Crippen LogP contribution in [0.5, 0.6) is 0 Å². The second kappa shape index (κ2) is 22.9. The first-order valence-electron chi connectivity index (χ1n) is 32.1. The van der Waals surface area contributed by atoms with Gasteiger partial charge in [-0.1, -0.05) is 233 Å². The number of para-hydroxylation sites is 3.